The molecule has 1 aromatic heterocycles. The highest BCUT2D eigenvalue weighted by Gasteiger charge is 2.35. The minimum atomic E-state index is 0.452. The number of rotatable bonds is 1. The van der Waals surface area contributed by atoms with E-state index in [2.05, 4.69) is 21.7 Å². The lowest BCUT2D eigenvalue weighted by molar-refractivity contribution is 0.202. The van der Waals surface area contributed by atoms with Gasteiger partial charge >= 0.3 is 0 Å². The molecule has 0 radical (unpaired) electrons. The molecule has 0 aromatic carbocycles. The molecule has 3 rings (SSSR count). The maximum atomic E-state index is 6.27. The van der Waals surface area contributed by atoms with E-state index >= 15 is 0 Å². The van der Waals surface area contributed by atoms with Gasteiger partial charge < -0.3 is 10.6 Å². The predicted octanol–water partition coefficient (Wildman–Crippen LogP) is 1.99. The number of halogens is 1. The van der Waals surface area contributed by atoms with Gasteiger partial charge in [-0.15, -0.1) is 0 Å². The first-order chi connectivity index (χ1) is 8.65. The second-order valence-corrected chi connectivity index (χ2v) is 5.77. The highest BCUT2D eigenvalue weighted by Crippen LogP contribution is 2.32. The zero-order chi connectivity index (χ0) is 12.7. The van der Waals surface area contributed by atoms with Gasteiger partial charge in [0.1, 0.15) is 5.82 Å². The normalized spacial score (nSPS) is 28.4. The van der Waals surface area contributed by atoms with Crippen LogP contribution in [0.1, 0.15) is 19.8 Å². The van der Waals surface area contributed by atoms with E-state index in [0.717, 1.165) is 18.9 Å². The molecule has 3 heterocycles. The Bertz CT molecular complexity index is 451. The van der Waals surface area contributed by atoms with Crippen molar-refractivity contribution in [2.45, 2.75) is 31.8 Å². The van der Waals surface area contributed by atoms with E-state index in [1.807, 2.05) is 0 Å². The van der Waals surface area contributed by atoms with Crippen molar-refractivity contribution in [2.75, 3.05) is 30.3 Å². The van der Waals surface area contributed by atoms with Crippen LogP contribution in [0.15, 0.2) is 12.3 Å². The lowest BCUT2D eigenvalue weighted by Crippen LogP contribution is -2.55. The van der Waals surface area contributed by atoms with Gasteiger partial charge in [0.25, 0.3) is 0 Å². The Labute approximate surface area is 113 Å². The molecule has 0 aliphatic carbocycles. The number of hydrogen-bond donors (Lipinski definition) is 1. The van der Waals surface area contributed by atoms with E-state index in [4.69, 9.17) is 17.3 Å². The average molecular weight is 267 g/mol. The number of nitrogens with two attached hydrogens (primary N) is 1. The van der Waals surface area contributed by atoms with Crippen LogP contribution >= 0.6 is 11.6 Å². The van der Waals surface area contributed by atoms with Gasteiger partial charge in [0.2, 0.25) is 0 Å². The quantitative estimate of drug-likeness (QED) is 0.844. The molecule has 1 aromatic rings. The van der Waals surface area contributed by atoms with Crippen molar-refractivity contribution in [3.8, 4) is 0 Å². The molecule has 18 heavy (non-hydrogen) atoms. The van der Waals surface area contributed by atoms with Crippen molar-refractivity contribution in [1.82, 2.24) is 9.88 Å². The molecular formula is C13H19ClN4. The first-order valence-electron chi connectivity index (χ1n) is 6.57. The third-order valence-electron chi connectivity index (χ3n) is 4.05. The van der Waals surface area contributed by atoms with E-state index in [-0.39, 0.29) is 0 Å². The summed E-state index contributed by atoms with van der Waals surface area (Å²) in [4.78, 5) is 9.33. The summed E-state index contributed by atoms with van der Waals surface area (Å²) in [5, 5.41) is 0.660. The van der Waals surface area contributed by atoms with Gasteiger partial charge in [-0.05, 0) is 32.4 Å². The van der Waals surface area contributed by atoms with Gasteiger partial charge in [0.05, 0.1) is 16.9 Å². The first kappa shape index (κ1) is 12.1. The highest BCUT2D eigenvalue weighted by atomic mass is 35.5. The summed E-state index contributed by atoms with van der Waals surface area (Å²) in [5.41, 5.74) is 6.32. The summed E-state index contributed by atoms with van der Waals surface area (Å²) in [6.45, 7) is 5.61. The van der Waals surface area contributed by atoms with E-state index < -0.39 is 0 Å². The number of fused-ring (bicyclic) bond motifs is 1. The van der Waals surface area contributed by atoms with Gasteiger partial charge in [-0.3, -0.25) is 4.90 Å². The molecule has 0 saturated carbocycles. The lowest BCUT2D eigenvalue weighted by atomic mass is 10.1. The van der Waals surface area contributed by atoms with Crippen LogP contribution in [0, 0.1) is 0 Å². The third kappa shape index (κ3) is 2.04. The number of aromatic nitrogens is 1. The van der Waals surface area contributed by atoms with Gasteiger partial charge in [-0.25, -0.2) is 4.98 Å². The molecule has 0 bridgehead atoms. The van der Waals surface area contributed by atoms with Crippen LogP contribution in [-0.4, -0.2) is 41.6 Å². The molecule has 5 heteroatoms. The van der Waals surface area contributed by atoms with Crippen molar-refractivity contribution < 1.29 is 0 Å². The minimum absolute atomic E-state index is 0.452. The van der Waals surface area contributed by atoms with Gasteiger partial charge in [0.15, 0.2) is 0 Å². The van der Waals surface area contributed by atoms with Crippen LogP contribution in [0.2, 0.25) is 5.02 Å². The van der Waals surface area contributed by atoms with Gasteiger partial charge in [-0.1, -0.05) is 11.6 Å². The molecule has 2 N–H and O–H groups in total. The summed E-state index contributed by atoms with van der Waals surface area (Å²) in [6.07, 6.45) is 4.29. The van der Waals surface area contributed by atoms with Crippen LogP contribution in [0.3, 0.4) is 0 Å². The summed E-state index contributed by atoms with van der Waals surface area (Å²) < 4.78 is 0. The van der Waals surface area contributed by atoms with Crippen LogP contribution < -0.4 is 10.6 Å². The standard InChI is InChI=1S/C13H19ClN4/c1-9-7-17-4-2-3-11(17)8-18(9)13-12(14)5-10(15)6-16-13/h5-6,9,11H,2-4,7-8,15H2,1H3. The summed E-state index contributed by atoms with van der Waals surface area (Å²) in [7, 11) is 0. The SMILES string of the molecule is CC1CN2CCCC2CN1c1ncc(N)cc1Cl. The molecule has 0 spiro atoms. The Kier molecular flexibility index (Phi) is 3.08. The van der Waals surface area contributed by atoms with Gasteiger partial charge in [0, 0.05) is 25.2 Å². The Morgan fingerprint density at radius 1 is 1.44 bits per heavy atom. The van der Waals surface area contributed by atoms with Crippen LogP contribution in [0.25, 0.3) is 0 Å². The second kappa shape index (κ2) is 4.59. The largest absolute Gasteiger partial charge is 0.397 e. The van der Waals surface area contributed by atoms with Crippen molar-refractivity contribution >= 4 is 23.1 Å². The molecule has 4 nitrogen and oxygen atoms in total. The van der Waals surface area contributed by atoms with Crippen molar-refractivity contribution in [3.63, 3.8) is 0 Å². The zero-order valence-corrected chi connectivity index (χ0v) is 11.4. The number of nitrogen functional groups attached to an aromatic ring is 1. The molecule has 2 atom stereocenters. The van der Waals surface area contributed by atoms with Crippen LogP contribution in [0.4, 0.5) is 11.5 Å². The summed E-state index contributed by atoms with van der Waals surface area (Å²) in [6, 6.07) is 2.90. The fraction of sp³-hybridized carbons (Fsp3) is 0.615. The smallest absolute Gasteiger partial charge is 0.147 e. The van der Waals surface area contributed by atoms with Crippen molar-refractivity contribution in [2.24, 2.45) is 0 Å². The minimum Gasteiger partial charge on any atom is -0.397 e. The van der Waals surface area contributed by atoms with E-state index in [1.165, 1.54) is 19.4 Å². The Hall–Kier alpha value is -1.00. The number of piperazine rings is 1. The molecule has 2 unspecified atom stereocenters. The van der Waals surface area contributed by atoms with E-state index in [9.17, 15) is 0 Å². The number of hydrogen-bond acceptors (Lipinski definition) is 4. The predicted molar refractivity (Wildman–Crippen MR) is 75.1 cm³/mol. The Balaban J connectivity index is 1.86. The second-order valence-electron chi connectivity index (χ2n) is 5.37. The number of anilines is 2. The summed E-state index contributed by atoms with van der Waals surface area (Å²) >= 11 is 6.27. The molecule has 2 aliphatic rings. The third-order valence-corrected chi connectivity index (χ3v) is 4.33. The number of nitrogens with zero attached hydrogens (tertiary/aromatic N) is 3. The fourth-order valence-electron chi connectivity index (χ4n) is 3.14. The molecule has 98 valence electrons. The molecular weight excluding hydrogens is 248 g/mol. The van der Waals surface area contributed by atoms with Crippen molar-refractivity contribution in [3.05, 3.63) is 17.3 Å². The Morgan fingerprint density at radius 3 is 3.06 bits per heavy atom. The maximum Gasteiger partial charge on any atom is 0.147 e. The highest BCUT2D eigenvalue weighted by molar-refractivity contribution is 6.33. The topological polar surface area (TPSA) is 45.4 Å². The number of pyridine rings is 1. The van der Waals surface area contributed by atoms with Crippen molar-refractivity contribution in [1.29, 1.82) is 0 Å². The zero-order valence-electron chi connectivity index (χ0n) is 10.6. The molecule has 2 fully saturated rings. The van der Waals surface area contributed by atoms with Gasteiger partial charge in [-0.2, -0.15) is 0 Å². The molecule has 2 saturated heterocycles. The first-order valence-corrected chi connectivity index (χ1v) is 6.94. The maximum absolute atomic E-state index is 6.27. The van der Waals surface area contributed by atoms with E-state index in [1.54, 1.807) is 12.3 Å². The molecule has 2 aliphatic heterocycles. The summed E-state index contributed by atoms with van der Waals surface area (Å²) in [5.74, 6) is 0.880. The monoisotopic (exact) mass is 266 g/mol. The average Bonchev–Trinajstić information content (AvgIpc) is 2.75. The van der Waals surface area contributed by atoms with Crippen LogP contribution in [-0.2, 0) is 0 Å². The fourth-order valence-corrected chi connectivity index (χ4v) is 3.42. The Morgan fingerprint density at radius 2 is 2.28 bits per heavy atom. The van der Waals surface area contributed by atoms with E-state index in [0.29, 0.717) is 22.8 Å². The molecule has 0 amide bonds. The lowest BCUT2D eigenvalue weighted by Gasteiger charge is -2.43. The van der Waals surface area contributed by atoms with Crippen LogP contribution in [0.5, 0.6) is 0 Å².